The van der Waals surface area contributed by atoms with E-state index < -0.39 is 22.6 Å². The van der Waals surface area contributed by atoms with Gasteiger partial charge in [0.25, 0.3) is 0 Å². The van der Waals surface area contributed by atoms with Crippen molar-refractivity contribution < 1.29 is 14.1 Å². The van der Waals surface area contributed by atoms with Crippen LogP contribution in [0.5, 0.6) is 0 Å². The topological polar surface area (TPSA) is 141 Å². The Morgan fingerprint density at radius 2 is 1.81 bits per heavy atom. The highest BCUT2D eigenvalue weighted by atomic mass is 32.2. The molecule has 1 aromatic heterocycles. The lowest BCUT2D eigenvalue weighted by atomic mass is 9.90. The zero-order valence-corrected chi connectivity index (χ0v) is 21.1. The second-order valence-electron chi connectivity index (χ2n) is 9.20. The lowest BCUT2D eigenvalue weighted by Gasteiger charge is -2.20. The summed E-state index contributed by atoms with van der Waals surface area (Å²) in [5.74, 6) is 0.0466. The number of aromatic nitrogens is 1. The molecular weight excluding hydrogens is 446 g/mol. The van der Waals surface area contributed by atoms with Crippen molar-refractivity contribution in [3.8, 4) is 6.07 Å². The van der Waals surface area contributed by atoms with E-state index in [1.165, 1.54) is 0 Å². The third-order valence-corrected chi connectivity index (χ3v) is 8.23. The van der Waals surface area contributed by atoms with Gasteiger partial charge in [0.1, 0.15) is 4.21 Å². The number of thiazole rings is 1. The third-order valence-electron chi connectivity index (χ3n) is 4.74. The summed E-state index contributed by atoms with van der Waals surface area (Å²) >= 11 is 1.09. The zero-order valence-electron chi connectivity index (χ0n) is 19.5. The van der Waals surface area contributed by atoms with Crippen LogP contribution in [-0.2, 0) is 21.9 Å². The van der Waals surface area contributed by atoms with Crippen molar-refractivity contribution in [3.63, 3.8) is 0 Å². The standard InChI is InChI=1S/C22H31N5O3S2/c1-12(2)15-8-14(10-23)9-16(13(3)4)18(15)26-21(29)27-32(24,30)19-17(11-28)25-20(31-19)22(5,6)7/h8-9,12-13,28H,11H2,1-7H3,(H3,24,26,27,29,30). The summed E-state index contributed by atoms with van der Waals surface area (Å²) in [5, 5.41) is 28.4. The van der Waals surface area contributed by atoms with Crippen molar-refractivity contribution in [2.24, 2.45) is 9.50 Å². The minimum Gasteiger partial charge on any atom is -0.390 e. The Morgan fingerprint density at radius 1 is 1.28 bits per heavy atom. The molecule has 1 unspecified atom stereocenters. The number of hydrogen-bond acceptors (Lipinski definition) is 6. The molecule has 2 rings (SSSR count). The number of nitrogens with one attached hydrogen (secondary N) is 1. The van der Waals surface area contributed by atoms with Crippen LogP contribution in [0.2, 0.25) is 0 Å². The molecule has 0 fully saturated rings. The highest BCUT2D eigenvalue weighted by Gasteiger charge is 2.26. The van der Waals surface area contributed by atoms with Crippen molar-refractivity contribution >= 4 is 33.0 Å². The maximum Gasteiger partial charge on any atom is 0.354 e. The van der Waals surface area contributed by atoms with E-state index in [0.29, 0.717) is 16.3 Å². The van der Waals surface area contributed by atoms with Gasteiger partial charge < -0.3 is 10.4 Å². The van der Waals surface area contributed by atoms with Crippen LogP contribution in [-0.4, -0.2) is 20.3 Å². The number of hydrogen-bond donors (Lipinski definition) is 3. The molecule has 32 heavy (non-hydrogen) atoms. The highest BCUT2D eigenvalue weighted by molar-refractivity contribution is 7.93. The molecule has 174 valence electrons. The number of carbonyl (C=O) groups excluding carboxylic acids is 1. The van der Waals surface area contributed by atoms with Gasteiger partial charge in [-0.05, 0) is 35.1 Å². The molecule has 0 aliphatic heterocycles. The first-order valence-corrected chi connectivity index (χ1v) is 12.7. The minimum absolute atomic E-state index is 0.0233. The number of aliphatic hydroxyl groups excluding tert-OH is 1. The molecule has 1 atom stereocenters. The molecule has 0 spiro atoms. The summed E-state index contributed by atoms with van der Waals surface area (Å²) in [5.41, 5.74) is 2.42. The summed E-state index contributed by atoms with van der Waals surface area (Å²) in [4.78, 5) is 17.2. The Hall–Kier alpha value is -2.32. The number of anilines is 1. The Labute approximate surface area is 194 Å². The molecule has 0 saturated heterocycles. The molecule has 2 aromatic rings. The maximum absolute atomic E-state index is 13.2. The Kier molecular flexibility index (Phi) is 7.83. The number of nitrogens with two attached hydrogens (primary N) is 1. The summed E-state index contributed by atoms with van der Waals surface area (Å²) in [7, 11) is -3.63. The van der Waals surface area contributed by atoms with Crippen LogP contribution < -0.4 is 10.5 Å². The van der Waals surface area contributed by atoms with Gasteiger partial charge in [0.15, 0.2) is 9.92 Å². The number of benzene rings is 1. The SMILES string of the molecule is CC(C)c1cc(C#N)cc(C(C)C)c1NC(=O)N=S(N)(=O)c1sc(C(C)(C)C)nc1CO. The van der Waals surface area contributed by atoms with Gasteiger partial charge in [-0.1, -0.05) is 48.5 Å². The smallest absolute Gasteiger partial charge is 0.354 e. The van der Waals surface area contributed by atoms with Gasteiger partial charge in [-0.25, -0.2) is 19.1 Å². The average Bonchev–Trinajstić information content (AvgIpc) is 3.13. The maximum atomic E-state index is 13.2. The molecule has 0 bridgehead atoms. The van der Waals surface area contributed by atoms with E-state index in [1.54, 1.807) is 12.1 Å². The summed E-state index contributed by atoms with van der Waals surface area (Å²) in [6, 6.07) is 4.75. The number of rotatable bonds is 5. The van der Waals surface area contributed by atoms with Gasteiger partial charge in [-0.2, -0.15) is 5.26 Å². The van der Waals surface area contributed by atoms with Crippen molar-refractivity contribution in [2.75, 3.05) is 5.32 Å². The van der Waals surface area contributed by atoms with E-state index in [-0.39, 0.29) is 27.2 Å². The van der Waals surface area contributed by atoms with Gasteiger partial charge >= 0.3 is 6.03 Å². The molecule has 4 N–H and O–H groups in total. The van der Waals surface area contributed by atoms with Gasteiger partial charge in [-0.15, -0.1) is 15.7 Å². The minimum atomic E-state index is -3.63. The van der Waals surface area contributed by atoms with E-state index in [4.69, 9.17) is 5.14 Å². The van der Waals surface area contributed by atoms with Gasteiger partial charge in [-0.3, -0.25) is 0 Å². The monoisotopic (exact) mass is 477 g/mol. The molecule has 10 heteroatoms. The number of carbonyl (C=O) groups is 1. The summed E-state index contributed by atoms with van der Waals surface area (Å²) in [6.07, 6.45) is 0. The van der Waals surface area contributed by atoms with Crippen molar-refractivity contribution in [1.29, 1.82) is 5.26 Å². The van der Waals surface area contributed by atoms with E-state index in [9.17, 15) is 19.4 Å². The van der Waals surface area contributed by atoms with Crippen LogP contribution in [0.1, 0.15) is 87.7 Å². The lowest BCUT2D eigenvalue weighted by Crippen LogP contribution is -2.19. The average molecular weight is 478 g/mol. The van der Waals surface area contributed by atoms with Gasteiger partial charge in [0, 0.05) is 11.1 Å². The first-order chi connectivity index (χ1) is 14.7. The third kappa shape index (κ3) is 5.72. The molecule has 2 amide bonds. The molecule has 0 radical (unpaired) electrons. The predicted molar refractivity (Wildman–Crippen MR) is 128 cm³/mol. The molecule has 1 heterocycles. The summed E-state index contributed by atoms with van der Waals surface area (Å²) < 4.78 is 17.1. The normalized spacial score (nSPS) is 13.7. The van der Waals surface area contributed by atoms with Gasteiger partial charge in [0.05, 0.1) is 28.9 Å². The fourth-order valence-corrected chi connectivity index (χ4v) is 5.60. The molecular formula is C22H31N5O3S2. The Bertz CT molecular complexity index is 1150. The molecule has 0 saturated carbocycles. The zero-order chi connectivity index (χ0) is 24.4. The van der Waals surface area contributed by atoms with Crippen LogP contribution >= 0.6 is 11.3 Å². The second kappa shape index (κ2) is 9.67. The number of urea groups is 1. The predicted octanol–water partition coefficient (Wildman–Crippen LogP) is 4.98. The van der Waals surface area contributed by atoms with E-state index in [0.717, 1.165) is 22.5 Å². The van der Waals surface area contributed by atoms with Crippen LogP contribution in [0, 0.1) is 11.3 Å². The second-order valence-corrected chi connectivity index (χ2v) is 12.2. The van der Waals surface area contributed by atoms with Crippen molar-refractivity contribution in [2.45, 2.75) is 76.5 Å². The van der Waals surface area contributed by atoms with Crippen LogP contribution in [0.3, 0.4) is 0 Å². The van der Waals surface area contributed by atoms with E-state index >= 15 is 0 Å². The van der Waals surface area contributed by atoms with E-state index in [2.05, 4.69) is 20.7 Å². The molecule has 1 aromatic carbocycles. The number of aliphatic hydroxyl groups is 1. The fourth-order valence-electron chi connectivity index (χ4n) is 3.09. The number of amides is 2. The molecule has 0 aliphatic carbocycles. The lowest BCUT2D eigenvalue weighted by molar-refractivity contribution is 0.259. The number of nitrogens with zero attached hydrogens (tertiary/aromatic N) is 3. The van der Waals surface area contributed by atoms with Crippen molar-refractivity contribution in [1.82, 2.24) is 4.98 Å². The summed E-state index contributed by atoms with van der Waals surface area (Å²) in [6.45, 7) is 13.2. The van der Waals surface area contributed by atoms with Gasteiger partial charge in [0.2, 0.25) is 0 Å². The van der Waals surface area contributed by atoms with Crippen LogP contribution in [0.15, 0.2) is 20.7 Å². The van der Waals surface area contributed by atoms with Crippen LogP contribution in [0.25, 0.3) is 0 Å². The van der Waals surface area contributed by atoms with Crippen LogP contribution in [0.4, 0.5) is 10.5 Å². The molecule has 8 nitrogen and oxygen atoms in total. The quantitative estimate of drug-likeness (QED) is 0.556. The fraction of sp³-hybridized carbons (Fsp3) is 0.500. The van der Waals surface area contributed by atoms with E-state index in [1.807, 2.05) is 48.5 Å². The molecule has 0 aliphatic rings. The Morgan fingerprint density at radius 3 is 2.22 bits per heavy atom. The largest absolute Gasteiger partial charge is 0.390 e. The highest BCUT2D eigenvalue weighted by Crippen LogP contribution is 2.35. The first kappa shape index (κ1) is 25.9. The van der Waals surface area contributed by atoms with Crippen molar-refractivity contribution in [3.05, 3.63) is 39.5 Å². The number of nitriles is 1. The first-order valence-electron chi connectivity index (χ1n) is 10.3. The Balaban J connectivity index is 2.56.